The molecule has 0 saturated carbocycles. The largest absolute Gasteiger partial charge is 0.0958 e. The Kier molecular flexibility index (Phi) is 8.63. The van der Waals surface area contributed by atoms with Crippen LogP contribution in [0.15, 0.2) is 59.7 Å². The third-order valence-electron chi connectivity index (χ3n) is 4.14. The van der Waals surface area contributed by atoms with Crippen LogP contribution in [-0.2, 0) is 6.42 Å². The molecule has 0 bridgehead atoms. The van der Waals surface area contributed by atoms with Crippen molar-refractivity contribution >= 4 is 23.2 Å². The Labute approximate surface area is 153 Å². The van der Waals surface area contributed by atoms with Gasteiger partial charge in [-0.3, -0.25) is 0 Å². The van der Waals surface area contributed by atoms with Gasteiger partial charge in [0.1, 0.15) is 0 Å². The molecule has 24 heavy (non-hydrogen) atoms. The van der Waals surface area contributed by atoms with E-state index in [4.69, 9.17) is 12.2 Å². The normalized spacial score (nSPS) is 12.0. The molecule has 0 aromatic heterocycles. The minimum absolute atomic E-state index is 0.845. The molecule has 0 aliphatic heterocycles. The minimum Gasteiger partial charge on any atom is -0.0958 e. The molecule has 0 unspecified atom stereocenters. The lowest BCUT2D eigenvalue weighted by molar-refractivity contribution is 0.946. The smallest absolute Gasteiger partial charge is 0.00105 e. The fourth-order valence-electron chi connectivity index (χ4n) is 2.70. The fraction of sp³-hybridized carbons (Fsp3) is 0.348. The van der Waals surface area contributed by atoms with Crippen LogP contribution in [0.5, 0.6) is 0 Å². The maximum atomic E-state index is 5.02. The number of hydrogen-bond acceptors (Lipinski definition) is 1. The van der Waals surface area contributed by atoms with Gasteiger partial charge in [0.25, 0.3) is 0 Å². The van der Waals surface area contributed by atoms with Crippen molar-refractivity contribution in [2.75, 3.05) is 0 Å². The Bertz CT molecular complexity index is 680. The maximum Gasteiger partial charge on any atom is 0.00105 e. The van der Waals surface area contributed by atoms with Gasteiger partial charge < -0.3 is 0 Å². The summed E-state index contributed by atoms with van der Waals surface area (Å²) < 4.78 is 0. The zero-order chi connectivity index (χ0) is 18.1. The van der Waals surface area contributed by atoms with Crippen molar-refractivity contribution in [2.24, 2.45) is 0 Å². The van der Waals surface area contributed by atoms with Crippen LogP contribution in [0.1, 0.15) is 57.2 Å². The second-order valence-corrected chi connectivity index (χ2v) is 6.88. The van der Waals surface area contributed by atoms with E-state index in [1.807, 2.05) is 0 Å². The Balaban J connectivity index is 2.92. The van der Waals surface area contributed by atoms with E-state index >= 15 is 0 Å². The molecular formula is C23H30S. The summed E-state index contributed by atoms with van der Waals surface area (Å²) in [4.78, 5) is 0. The van der Waals surface area contributed by atoms with Gasteiger partial charge in [-0.25, -0.2) is 0 Å². The average Bonchev–Trinajstić information content (AvgIpc) is 2.52. The lowest BCUT2D eigenvalue weighted by Crippen LogP contribution is -1.95. The molecule has 1 aromatic carbocycles. The summed E-state index contributed by atoms with van der Waals surface area (Å²) in [5.41, 5.74) is 9.10. The quantitative estimate of drug-likeness (QED) is 0.357. The van der Waals surface area contributed by atoms with E-state index in [0.29, 0.717) is 0 Å². The molecule has 0 fully saturated rings. The van der Waals surface area contributed by atoms with Gasteiger partial charge in [-0.2, -0.15) is 0 Å². The molecular weight excluding hydrogens is 308 g/mol. The van der Waals surface area contributed by atoms with Crippen molar-refractivity contribution < 1.29 is 0 Å². The van der Waals surface area contributed by atoms with E-state index in [1.54, 1.807) is 5.37 Å². The van der Waals surface area contributed by atoms with Crippen molar-refractivity contribution in [1.29, 1.82) is 0 Å². The van der Waals surface area contributed by atoms with Crippen LogP contribution in [-0.4, -0.2) is 5.37 Å². The van der Waals surface area contributed by atoms with Gasteiger partial charge in [-0.05, 0) is 80.7 Å². The molecule has 0 amide bonds. The summed E-state index contributed by atoms with van der Waals surface area (Å²) in [5, 5.41) is 1.80. The van der Waals surface area contributed by atoms with Crippen LogP contribution in [0.3, 0.4) is 0 Å². The Morgan fingerprint density at radius 3 is 2.38 bits per heavy atom. The first-order valence-electron chi connectivity index (χ1n) is 8.57. The van der Waals surface area contributed by atoms with Crippen LogP contribution in [0, 0.1) is 6.92 Å². The molecule has 0 heterocycles. The second kappa shape index (κ2) is 10.2. The average molecular weight is 339 g/mol. The zero-order valence-electron chi connectivity index (χ0n) is 15.8. The standard InChI is InChI=1S/C23H30S/c1-7-21(14-15-24)23-13-10-20(16-19(23)6)9-12-22(18(4)5)11-8-17(2)3/h7-8,10-11,13,15-16H,4,9,12,14H2,1-3,5-6H3/b21-7-,22-11-. The third-order valence-corrected chi connectivity index (χ3v) is 4.30. The summed E-state index contributed by atoms with van der Waals surface area (Å²) in [7, 11) is 0. The van der Waals surface area contributed by atoms with Crippen molar-refractivity contribution in [3.8, 4) is 0 Å². The molecule has 1 rings (SSSR count). The molecule has 0 spiro atoms. The van der Waals surface area contributed by atoms with Gasteiger partial charge in [0.15, 0.2) is 0 Å². The number of aryl methyl sites for hydroxylation is 2. The molecule has 1 aromatic rings. The molecule has 128 valence electrons. The zero-order valence-corrected chi connectivity index (χ0v) is 16.6. The number of hydrogen-bond donors (Lipinski definition) is 0. The highest BCUT2D eigenvalue weighted by Gasteiger charge is 2.06. The van der Waals surface area contributed by atoms with Crippen LogP contribution >= 0.6 is 12.2 Å². The highest BCUT2D eigenvalue weighted by molar-refractivity contribution is 7.79. The first-order chi connectivity index (χ1) is 11.4. The summed E-state index contributed by atoms with van der Waals surface area (Å²) in [6.07, 6.45) is 9.44. The van der Waals surface area contributed by atoms with E-state index in [9.17, 15) is 0 Å². The van der Waals surface area contributed by atoms with Crippen LogP contribution in [0.25, 0.3) is 5.57 Å². The molecule has 0 saturated heterocycles. The van der Waals surface area contributed by atoms with Gasteiger partial charge in [0.2, 0.25) is 0 Å². The van der Waals surface area contributed by atoms with Crippen LogP contribution in [0.4, 0.5) is 0 Å². The van der Waals surface area contributed by atoms with E-state index in [2.05, 4.69) is 77.6 Å². The molecule has 0 nitrogen and oxygen atoms in total. The molecule has 0 atom stereocenters. The summed E-state index contributed by atoms with van der Waals surface area (Å²) in [6, 6.07) is 6.78. The van der Waals surface area contributed by atoms with Gasteiger partial charge in [-0.1, -0.05) is 66.4 Å². The summed E-state index contributed by atoms with van der Waals surface area (Å²) >= 11 is 5.02. The predicted molar refractivity (Wildman–Crippen MR) is 114 cm³/mol. The van der Waals surface area contributed by atoms with Gasteiger partial charge in [-0.15, -0.1) is 0 Å². The second-order valence-electron chi connectivity index (χ2n) is 6.55. The molecule has 1 heteroatoms. The lowest BCUT2D eigenvalue weighted by Gasteiger charge is -2.12. The molecule has 0 N–H and O–H groups in total. The monoisotopic (exact) mass is 338 g/mol. The Morgan fingerprint density at radius 2 is 1.88 bits per heavy atom. The SMILES string of the molecule is C=C(C)/C(=C\C=C(C)C)CCc1ccc(/C(=C\C)CC=S)c(C)c1. The van der Waals surface area contributed by atoms with E-state index in [1.165, 1.54) is 33.4 Å². The predicted octanol–water partition coefficient (Wildman–Crippen LogP) is 7.19. The number of rotatable bonds is 8. The number of allylic oxidation sites excluding steroid dienone is 7. The van der Waals surface area contributed by atoms with E-state index in [-0.39, 0.29) is 0 Å². The number of benzene rings is 1. The van der Waals surface area contributed by atoms with E-state index in [0.717, 1.165) is 24.8 Å². The highest BCUT2D eigenvalue weighted by Crippen LogP contribution is 2.24. The number of thiocarbonyl (C=S) groups is 1. The van der Waals surface area contributed by atoms with Gasteiger partial charge >= 0.3 is 0 Å². The lowest BCUT2D eigenvalue weighted by atomic mass is 9.93. The van der Waals surface area contributed by atoms with Crippen molar-refractivity contribution in [3.05, 3.63) is 76.4 Å². The van der Waals surface area contributed by atoms with Crippen molar-refractivity contribution in [1.82, 2.24) is 0 Å². The molecule has 0 radical (unpaired) electrons. The molecule has 0 aliphatic rings. The first kappa shape index (κ1) is 20.3. The minimum atomic E-state index is 0.845. The van der Waals surface area contributed by atoms with Crippen molar-refractivity contribution in [3.63, 3.8) is 0 Å². The van der Waals surface area contributed by atoms with Crippen LogP contribution in [0.2, 0.25) is 0 Å². The molecule has 0 aliphatic carbocycles. The Morgan fingerprint density at radius 1 is 1.17 bits per heavy atom. The Hall–Kier alpha value is -1.73. The summed E-state index contributed by atoms with van der Waals surface area (Å²) in [6.45, 7) is 14.7. The van der Waals surface area contributed by atoms with E-state index < -0.39 is 0 Å². The maximum absolute atomic E-state index is 5.02. The van der Waals surface area contributed by atoms with Crippen LogP contribution < -0.4 is 0 Å². The third kappa shape index (κ3) is 6.41. The fourth-order valence-corrected chi connectivity index (χ4v) is 2.88. The first-order valence-corrected chi connectivity index (χ1v) is 9.04. The van der Waals surface area contributed by atoms with Gasteiger partial charge in [0, 0.05) is 6.42 Å². The topological polar surface area (TPSA) is 0 Å². The highest BCUT2D eigenvalue weighted by atomic mass is 32.1. The van der Waals surface area contributed by atoms with Crippen molar-refractivity contribution in [2.45, 2.75) is 53.9 Å². The summed E-state index contributed by atoms with van der Waals surface area (Å²) in [5.74, 6) is 0. The van der Waals surface area contributed by atoms with Gasteiger partial charge in [0.05, 0.1) is 0 Å².